The van der Waals surface area contributed by atoms with Crippen molar-refractivity contribution in [2.45, 2.75) is 5.92 Å². The molecule has 0 saturated heterocycles. The highest BCUT2D eigenvalue weighted by molar-refractivity contribution is 6.30. The topological polar surface area (TPSA) is 36.9 Å². The molecule has 0 bridgehead atoms. The molecule has 0 aliphatic carbocycles. The third kappa shape index (κ3) is 3.51. The molecule has 27 heavy (non-hydrogen) atoms. The molecule has 4 aromatic rings. The average Bonchev–Trinajstić information content (AvgIpc) is 3.16. The molecular weight excluding hydrogens is 354 g/mol. The van der Waals surface area contributed by atoms with Gasteiger partial charge in [0.15, 0.2) is 0 Å². The van der Waals surface area contributed by atoms with Crippen LogP contribution in [0.5, 0.6) is 0 Å². The van der Waals surface area contributed by atoms with E-state index in [1.165, 1.54) is 0 Å². The molecule has 0 radical (unpaired) electrons. The van der Waals surface area contributed by atoms with Crippen molar-refractivity contribution in [2.75, 3.05) is 0 Å². The summed E-state index contributed by atoms with van der Waals surface area (Å²) in [5.41, 5.74) is 3.75. The molecule has 3 heteroatoms. The minimum absolute atomic E-state index is 0.491. The zero-order valence-corrected chi connectivity index (χ0v) is 15.2. The summed E-state index contributed by atoms with van der Waals surface area (Å²) < 4.78 is 6.24. The SMILES string of the molecule is N#CC(c1ccccc1)c1oc(-c2ccccc2)cc1-c1ccc(Cl)cc1. The van der Waals surface area contributed by atoms with Gasteiger partial charge in [-0.3, -0.25) is 0 Å². The lowest BCUT2D eigenvalue weighted by Gasteiger charge is -2.10. The second kappa shape index (κ2) is 7.53. The Morgan fingerprint density at radius 2 is 1.41 bits per heavy atom. The standard InChI is InChI=1S/C24H16ClNO/c25-20-13-11-18(12-14-20)21-15-23(19-9-5-2-6-10-19)27-24(21)22(16-26)17-7-3-1-4-8-17/h1-15,22H. The van der Waals surface area contributed by atoms with Crippen molar-refractivity contribution in [1.82, 2.24) is 0 Å². The van der Waals surface area contributed by atoms with Crippen molar-refractivity contribution >= 4 is 11.6 Å². The molecule has 0 fully saturated rings. The normalized spacial score (nSPS) is 11.7. The first-order valence-corrected chi connectivity index (χ1v) is 9.03. The molecule has 1 aromatic heterocycles. The Kier molecular flexibility index (Phi) is 4.78. The van der Waals surface area contributed by atoms with Gasteiger partial charge in [-0.1, -0.05) is 84.4 Å². The van der Waals surface area contributed by atoms with Crippen LogP contribution < -0.4 is 0 Å². The minimum atomic E-state index is -0.491. The Morgan fingerprint density at radius 1 is 0.778 bits per heavy atom. The first-order valence-electron chi connectivity index (χ1n) is 8.66. The van der Waals surface area contributed by atoms with Crippen molar-refractivity contribution in [2.24, 2.45) is 0 Å². The van der Waals surface area contributed by atoms with Crippen LogP contribution in [0.4, 0.5) is 0 Å². The van der Waals surface area contributed by atoms with E-state index in [0.29, 0.717) is 10.8 Å². The lowest BCUT2D eigenvalue weighted by atomic mass is 9.93. The zero-order chi connectivity index (χ0) is 18.6. The molecule has 1 unspecified atom stereocenters. The molecule has 0 aliphatic heterocycles. The van der Waals surface area contributed by atoms with E-state index in [9.17, 15) is 5.26 Å². The van der Waals surface area contributed by atoms with Crippen LogP contribution in [-0.4, -0.2) is 0 Å². The largest absolute Gasteiger partial charge is 0.459 e. The van der Waals surface area contributed by atoms with E-state index >= 15 is 0 Å². The number of benzene rings is 3. The van der Waals surface area contributed by atoms with Gasteiger partial charge >= 0.3 is 0 Å². The van der Waals surface area contributed by atoms with Gasteiger partial charge in [0.25, 0.3) is 0 Å². The zero-order valence-electron chi connectivity index (χ0n) is 14.5. The number of nitriles is 1. The van der Waals surface area contributed by atoms with Crippen molar-refractivity contribution in [1.29, 1.82) is 5.26 Å². The van der Waals surface area contributed by atoms with E-state index < -0.39 is 5.92 Å². The fourth-order valence-corrected chi connectivity index (χ4v) is 3.28. The highest BCUT2D eigenvalue weighted by Crippen LogP contribution is 2.39. The lowest BCUT2D eigenvalue weighted by molar-refractivity contribution is 0.523. The summed E-state index contributed by atoms with van der Waals surface area (Å²) in [6.07, 6.45) is 0. The van der Waals surface area contributed by atoms with Gasteiger partial charge in [-0.2, -0.15) is 5.26 Å². The summed E-state index contributed by atoms with van der Waals surface area (Å²) in [5.74, 6) is 0.894. The van der Waals surface area contributed by atoms with Gasteiger partial charge in [0.2, 0.25) is 0 Å². The molecule has 0 amide bonds. The highest BCUT2D eigenvalue weighted by Gasteiger charge is 2.24. The van der Waals surface area contributed by atoms with Crippen LogP contribution in [0.25, 0.3) is 22.5 Å². The Balaban J connectivity index is 1.89. The number of hydrogen-bond donors (Lipinski definition) is 0. The second-order valence-electron chi connectivity index (χ2n) is 6.23. The van der Waals surface area contributed by atoms with E-state index in [-0.39, 0.29) is 0 Å². The van der Waals surface area contributed by atoms with Crippen LogP contribution >= 0.6 is 11.6 Å². The maximum atomic E-state index is 9.90. The minimum Gasteiger partial charge on any atom is -0.459 e. The van der Waals surface area contributed by atoms with E-state index in [2.05, 4.69) is 6.07 Å². The summed E-state index contributed by atoms with van der Waals surface area (Å²) >= 11 is 6.05. The Morgan fingerprint density at radius 3 is 2.04 bits per heavy atom. The third-order valence-electron chi connectivity index (χ3n) is 4.50. The first kappa shape index (κ1) is 17.1. The predicted octanol–water partition coefficient (Wildman–Crippen LogP) is 6.92. The molecule has 0 N–H and O–H groups in total. The fraction of sp³-hybridized carbons (Fsp3) is 0.0417. The summed E-state index contributed by atoms with van der Waals surface area (Å²) in [4.78, 5) is 0. The molecular formula is C24H16ClNO. The summed E-state index contributed by atoms with van der Waals surface area (Å²) in [5, 5.41) is 10.6. The second-order valence-corrected chi connectivity index (χ2v) is 6.67. The summed E-state index contributed by atoms with van der Waals surface area (Å²) in [6, 6.07) is 31.6. The van der Waals surface area contributed by atoms with Crippen LogP contribution in [0, 0.1) is 11.3 Å². The average molecular weight is 370 g/mol. The van der Waals surface area contributed by atoms with E-state index in [0.717, 1.165) is 28.0 Å². The van der Waals surface area contributed by atoms with Crippen LogP contribution in [-0.2, 0) is 0 Å². The summed E-state index contributed by atoms with van der Waals surface area (Å²) in [7, 11) is 0. The van der Waals surface area contributed by atoms with Gasteiger partial charge in [-0.05, 0) is 29.3 Å². The molecule has 0 saturated carbocycles. The number of halogens is 1. The van der Waals surface area contributed by atoms with E-state index in [1.54, 1.807) is 0 Å². The maximum Gasteiger partial charge on any atom is 0.135 e. The van der Waals surface area contributed by atoms with Gasteiger partial charge < -0.3 is 4.42 Å². The van der Waals surface area contributed by atoms with E-state index in [4.69, 9.17) is 16.0 Å². The Labute approximate surface area is 163 Å². The smallest absolute Gasteiger partial charge is 0.135 e. The van der Waals surface area contributed by atoms with Gasteiger partial charge in [0, 0.05) is 16.1 Å². The van der Waals surface area contributed by atoms with Crippen molar-refractivity contribution < 1.29 is 4.42 Å². The van der Waals surface area contributed by atoms with E-state index in [1.807, 2.05) is 91.0 Å². The summed E-state index contributed by atoms with van der Waals surface area (Å²) in [6.45, 7) is 0. The lowest BCUT2D eigenvalue weighted by Crippen LogP contribution is -1.98. The van der Waals surface area contributed by atoms with Gasteiger partial charge in [-0.25, -0.2) is 0 Å². The van der Waals surface area contributed by atoms with Crippen molar-refractivity contribution in [3.8, 4) is 28.5 Å². The van der Waals surface area contributed by atoms with Crippen molar-refractivity contribution in [3.05, 3.63) is 107 Å². The molecule has 3 aromatic carbocycles. The highest BCUT2D eigenvalue weighted by atomic mass is 35.5. The fourth-order valence-electron chi connectivity index (χ4n) is 3.15. The molecule has 1 heterocycles. The molecule has 2 nitrogen and oxygen atoms in total. The number of nitrogens with zero attached hydrogens (tertiary/aromatic N) is 1. The molecule has 1 atom stereocenters. The maximum absolute atomic E-state index is 9.90. The van der Waals surface area contributed by atoms with Crippen molar-refractivity contribution in [3.63, 3.8) is 0 Å². The predicted molar refractivity (Wildman–Crippen MR) is 108 cm³/mol. The van der Waals surface area contributed by atoms with Crippen LogP contribution in [0.15, 0.2) is 95.4 Å². The quantitative estimate of drug-likeness (QED) is 0.391. The Hall–Kier alpha value is -3.28. The van der Waals surface area contributed by atoms with Crippen LogP contribution in [0.1, 0.15) is 17.2 Å². The van der Waals surface area contributed by atoms with Crippen LogP contribution in [0.2, 0.25) is 5.02 Å². The first-order chi connectivity index (χ1) is 13.3. The molecule has 0 aliphatic rings. The number of rotatable bonds is 4. The van der Waals surface area contributed by atoms with Gasteiger partial charge in [-0.15, -0.1) is 0 Å². The molecule has 0 spiro atoms. The van der Waals surface area contributed by atoms with Crippen LogP contribution in [0.3, 0.4) is 0 Å². The van der Waals surface area contributed by atoms with Gasteiger partial charge in [0.1, 0.15) is 17.4 Å². The number of hydrogen-bond acceptors (Lipinski definition) is 2. The van der Waals surface area contributed by atoms with Gasteiger partial charge in [0.05, 0.1) is 6.07 Å². The third-order valence-corrected chi connectivity index (χ3v) is 4.75. The monoisotopic (exact) mass is 369 g/mol. The number of furan rings is 1. The molecule has 4 rings (SSSR count). The Bertz CT molecular complexity index is 1080. The molecule has 130 valence electrons.